The first-order valence-electron chi connectivity index (χ1n) is 12.2. The maximum Gasteiger partial charge on any atom is 0.408 e. The molecule has 0 aliphatic rings. The van der Waals surface area contributed by atoms with Crippen LogP contribution in [-0.2, 0) is 14.3 Å². The average molecular weight is 508 g/mol. The third-order valence-electron chi connectivity index (χ3n) is 5.70. The second kappa shape index (κ2) is 12.8. The van der Waals surface area contributed by atoms with Crippen LogP contribution in [0.15, 0.2) is 48.5 Å². The summed E-state index contributed by atoms with van der Waals surface area (Å²) in [5, 5.41) is 5.50. The molecule has 3 amide bonds. The van der Waals surface area contributed by atoms with Gasteiger partial charge in [0.25, 0.3) is 5.91 Å². The van der Waals surface area contributed by atoms with E-state index in [0.717, 1.165) is 0 Å². The van der Waals surface area contributed by atoms with Crippen LogP contribution in [0.1, 0.15) is 65.1 Å². The molecule has 0 fully saturated rings. The van der Waals surface area contributed by atoms with E-state index >= 15 is 0 Å². The molecule has 8 heteroatoms. The molecule has 2 N–H and O–H groups in total. The second-order valence-electron chi connectivity index (χ2n) is 9.76. The smallest absolute Gasteiger partial charge is 0.408 e. The molecular weight excluding hydrogens is 470 g/mol. The van der Waals surface area contributed by atoms with Crippen LogP contribution in [0.5, 0.6) is 5.75 Å². The number of carbonyl (C=O) groups is 3. The van der Waals surface area contributed by atoms with Gasteiger partial charge in [0.05, 0.1) is 7.11 Å². The van der Waals surface area contributed by atoms with Crippen LogP contribution in [0.3, 0.4) is 0 Å². The molecule has 0 aliphatic heterocycles. The van der Waals surface area contributed by atoms with E-state index < -0.39 is 35.6 Å². The van der Waals surface area contributed by atoms with Crippen molar-refractivity contribution in [1.29, 1.82) is 0 Å². The molecule has 0 aromatic heterocycles. The summed E-state index contributed by atoms with van der Waals surface area (Å²) in [4.78, 5) is 41.3. The van der Waals surface area contributed by atoms with Crippen molar-refractivity contribution in [3.63, 3.8) is 0 Å². The third kappa shape index (κ3) is 8.28. The topological polar surface area (TPSA) is 97.0 Å². The van der Waals surface area contributed by atoms with Crippen LogP contribution in [0.25, 0.3) is 0 Å². The zero-order chi connectivity index (χ0) is 27.8. The predicted molar refractivity (Wildman–Crippen MR) is 144 cm³/mol. The monoisotopic (exact) mass is 507 g/mol. The molecule has 3 unspecified atom stereocenters. The number of hydrogen-bond donors (Lipinski definition) is 2. The van der Waals surface area contributed by atoms with E-state index in [-0.39, 0.29) is 6.04 Å². The zero-order valence-electron chi connectivity index (χ0n) is 22.6. The average Bonchev–Trinajstić information content (AvgIpc) is 2.85. The summed E-state index contributed by atoms with van der Waals surface area (Å²) < 4.78 is 10.5. The maximum atomic E-state index is 13.7. The number of methoxy groups -OCH3 is 1. The Morgan fingerprint density at radius 3 is 2.11 bits per heavy atom. The fourth-order valence-electron chi connectivity index (χ4n) is 3.65. The minimum atomic E-state index is -0.987. The number of anilines is 1. The largest absolute Gasteiger partial charge is 0.497 e. The Bertz CT molecular complexity index is 1110. The SMILES string of the molecule is C#Cc1ccc(C(C(=O)Nc2ccc(OC)cc2)N(C(=O)C(C)NC(=O)OC(C)(C)C)C(C)CC)cc1. The summed E-state index contributed by atoms with van der Waals surface area (Å²) in [7, 11) is 1.56. The Morgan fingerprint density at radius 2 is 1.62 bits per heavy atom. The molecule has 0 heterocycles. The van der Waals surface area contributed by atoms with Crippen LogP contribution in [0, 0.1) is 12.3 Å². The number of carbonyl (C=O) groups excluding carboxylic acids is 3. The number of hydrogen-bond acceptors (Lipinski definition) is 5. The third-order valence-corrected chi connectivity index (χ3v) is 5.70. The van der Waals surface area contributed by atoms with Crippen molar-refractivity contribution in [3.05, 3.63) is 59.7 Å². The highest BCUT2D eigenvalue weighted by atomic mass is 16.6. The van der Waals surface area contributed by atoms with Gasteiger partial charge >= 0.3 is 6.09 Å². The Hall–Kier alpha value is -3.99. The highest BCUT2D eigenvalue weighted by Crippen LogP contribution is 2.28. The van der Waals surface area contributed by atoms with Gasteiger partial charge in [-0.25, -0.2) is 4.79 Å². The van der Waals surface area contributed by atoms with Gasteiger partial charge in [0.1, 0.15) is 23.4 Å². The molecule has 0 saturated heterocycles. The molecule has 3 atom stereocenters. The normalized spacial score (nSPS) is 13.4. The summed E-state index contributed by atoms with van der Waals surface area (Å²) in [5.74, 6) is 2.39. The van der Waals surface area contributed by atoms with Crippen LogP contribution in [0.2, 0.25) is 0 Å². The van der Waals surface area contributed by atoms with Crippen LogP contribution in [-0.4, -0.2) is 47.6 Å². The van der Waals surface area contributed by atoms with E-state index in [4.69, 9.17) is 15.9 Å². The van der Waals surface area contributed by atoms with Gasteiger partial charge in [0.2, 0.25) is 5.91 Å². The van der Waals surface area contributed by atoms with Gasteiger partial charge in [-0.3, -0.25) is 9.59 Å². The van der Waals surface area contributed by atoms with Crippen molar-refractivity contribution >= 4 is 23.6 Å². The first kappa shape index (κ1) is 29.2. The molecule has 0 aliphatic carbocycles. The van der Waals surface area contributed by atoms with Crippen molar-refractivity contribution in [3.8, 4) is 18.1 Å². The lowest BCUT2D eigenvalue weighted by Gasteiger charge is -2.37. The number of benzene rings is 2. The molecule has 37 heavy (non-hydrogen) atoms. The lowest BCUT2D eigenvalue weighted by atomic mass is 9.99. The van der Waals surface area contributed by atoms with Gasteiger partial charge in [0, 0.05) is 17.3 Å². The summed E-state index contributed by atoms with van der Waals surface area (Å²) in [5.41, 5.74) is 1.07. The summed E-state index contributed by atoms with van der Waals surface area (Å²) in [6.45, 7) is 10.6. The fraction of sp³-hybridized carbons (Fsp3) is 0.414. The first-order valence-corrected chi connectivity index (χ1v) is 12.2. The molecule has 2 rings (SSSR count). The molecule has 0 radical (unpaired) electrons. The Labute approximate surface area is 219 Å². The summed E-state index contributed by atoms with van der Waals surface area (Å²) >= 11 is 0. The van der Waals surface area contributed by atoms with Crippen molar-refractivity contribution < 1.29 is 23.9 Å². The summed E-state index contributed by atoms with van der Waals surface area (Å²) in [6, 6.07) is 11.6. The molecule has 2 aromatic carbocycles. The predicted octanol–water partition coefficient (Wildman–Crippen LogP) is 4.90. The first-order chi connectivity index (χ1) is 17.4. The standard InChI is InChI=1S/C29H37N3O5/c1-9-19(3)32(27(34)20(4)30-28(35)37-29(5,6)7)25(22-13-11-21(10-2)12-14-22)26(33)31-23-15-17-24(36-8)18-16-23/h2,11-20,25H,9H2,1,3-8H3,(H,30,35)(H,31,33). The van der Waals surface area contributed by atoms with Gasteiger partial charge in [-0.1, -0.05) is 25.0 Å². The van der Waals surface area contributed by atoms with Gasteiger partial charge in [-0.15, -0.1) is 6.42 Å². The van der Waals surface area contributed by atoms with E-state index in [2.05, 4.69) is 16.6 Å². The maximum absolute atomic E-state index is 13.7. The lowest BCUT2D eigenvalue weighted by molar-refractivity contribution is -0.143. The number of rotatable bonds is 9. The quantitative estimate of drug-likeness (QED) is 0.471. The number of nitrogens with zero attached hydrogens (tertiary/aromatic N) is 1. The molecule has 0 bridgehead atoms. The number of ether oxygens (including phenoxy) is 2. The second-order valence-corrected chi connectivity index (χ2v) is 9.76. The number of amides is 3. The van der Waals surface area contributed by atoms with E-state index in [1.165, 1.54) is 4.90 Å². The highest BCUT2D eigenvalue weighted by molar-refractivity contribution is 5.99. The molecular formula is C29H37N3O5. The number of nitrogens with one attached hydrogen (secondary N) is 2. The van der Waals surface area contributed by atoms with Crippen LogP contribution >= 0.6 is 0 Å². The molecule has 0 saturated carbocycles. The Kier molecular flexibility index (Phi) is 10.1. The van der Waals surface area contributed by atoms with E-state index in [0.29, 0.717) is 29.0 Å². The number of alkyl carbamates (subject to hydrolysis) is 1. The van der Waals surface area contributed by atoms with Gasteiger partial charge in [0.15, 0.2) is 0 Å². The van der Waals surface area contributed by atoms with Crippen molar-refractivity contribution in [2.24, 2.45) is 0 Å². The molecule has 2 aromatic rings. The van der Waals surface area contributed by atoms with E-state index in [1.807, 2.05) is 13.8 Å². The van der Waals surface area contributed by atoms with E-state index in [1.54, 1.807) is 83.3 Å². The zero-order valence-corrected chi connectivity index (χ0v) is 22.6. The van der Waals surface area contributed by atoms with Crippen molar-refractivity contribution in [1.82, 2.24) is 10.2 Å². The summed E-state index contributed by atoms with van der Waals surface area (Å²) in [6.07, 6.45) is 5.38. The molecule has 198 valence electrons. The lowest BCUT2D eigenvalue weighted by Crippen LogP contribution is -2.53. The van der Waals surface area contributed by atoms with Crippen LogP contribution < -0.4 is 15.4 Å². The molecule has 8 nitrogen and oxygen atoms in total. The van der Waals surface area contributed by atoms with Crippen LogP contribution in [0.4, 0.5) is 10.5 Å². The Morgan fingerprint density at radius 1 is 1.03 bits per heavy atom. The highest BCUT2D eigenvalue weighted by Gasteiger charge is 2.37. The minimum absolute atomic E-state index is 0.325. The fourth-order valence-corrected chi connectivity index (χ4v) is 3.65. The van der Waals surface area contributed by atoms with Crippen molar-refractivity contribution in [2.45, 2.75) is 71.7 Å². The Balaban J connectivity index is 2.46. The minimum Gasteiger partial charge on any atom is -0.497 e. The molecule has 0 spiro atoms. The van der Waals surface area contributed by atoms with Gasteiger partial charge < -0.3 is 25.0 Å². The van der Waals surface area contributed by atoms with E-state index in [9.17, 15) is 14.4 Å². The van der Waals surface area contributed by atoms with Gasteiger partial charge in [-0.2, -0.15) is 0 Å². The number of terminal acetylenes is 1. The van der Waals surface area contributed by atoms with Crippen molar-refractivity contribution in [2.75, 3.05) is 12.4 Å². The van der Waals surface area contributed by atoms with Gasteiger partial charge in [-0.05, 0) is 83.0 Å².